The monoisotopic (exact) mass is 1230 g/mol. The van der Waals surface area contributed by atoms with Crippen LogP contribution < -0.4 is 9.30 Å². The summed E-state index contributed by atoms with van der Waals surface area (Å²) in [6.45, 7) is 13.4. The summed E-state index contributed by atoms with van der Waals surface area (Å²) in [6.07, 6.45) is 5.41. The molecule has 0 radical (unpaired) electrons. The minimum absolute atomic E-state index is 0. The number of ether oxygens (including phenoxy) is 1. The Labute approximate surface area is 505 Å². The van der Waals surface area contributed by atoms with Crippen LogP contribution in [-0.2, 0) is 37.3 Å². The minimum atomic E-state index is -2.91. The van der Waals surface area contributed by atoms with Gasteiger partial charge in [-0.3, -0.25) is 4.57 Å². The maximum absolute atomic E-state index is 10.1. The molecule has 0 unspecified atom stereocenters. The molecule has 3 aromatic heterocycles. The van der Waals surface area contributed by atoms with E-state index < -0.39 is 62.0 Å². The first-order valence-corrected chi connectivity index (χ1v) is 26.5. The normalized spacial score (nSPS) is 15.2. The van der Waals surface area contributed by atoms with Crippen LogP contribution in [0.1, 0.15) is 109 Å². The number of hydrogen-bond donors (Lipinski definition) is 0. The number of imidazole rings is 1. The van der Waals surface area contributed by atoms with Gasteiger partial charge in [0.2, 0.25) is 0 Å². The molecule has 13 rings (SSSR count). The number of para-hydroxylation sites is 2. The van der Waals surface area contributed by atoms with E-state index in [2.05, 4.69) is 116 Å². The SMILES string of the molecule is [2H]c1c([2H])c([2H])c2c(c1[2H])-c1cccc(-c3c(C([2H])([2H])[2H])cccc3C([2H])([2H])[2H])c1-[n+]1[c-]n(-c3[c-]c(Oc4[c-]c5c(cc4)c4ccccc4n5-c4cc(C(C)(C)C)ccn4)ccc3)c3cc(-c4cc(C(C)(C)C)cc(C(C)(C)C)c4)cc(c31)-c1c([2H])c([2H])c([2H])c([2H])c1-2.[Pt]. The van der Waals surface area contributed by atoms with E-state index in [-0.39, 0.29) is 110 Å². The predicted octanol–water partition coefficient (Wildman–Crippen LogP) is 18.7. The number of nitrogens with zero attached hydrogens (tertiary/aromatic N) is 4. The second kappa shape index (κ2) is 19.6. The molecule has 5 nitrogen and oxygen atoms in total. The molecule has 398 valence electrons. The number of hydrogen-bond acceptors (Lipinski definition) is 2. The van der Waals surface area contributed by atoms with Crippen LogP contribution in [-0.4, -0.2) is 14.1 Å². The third-order valence-corrected chi connectivity index (χ3v) is 15.1. The average molecular weight is 1230 g/mol. The van der Waals surface area contributed by atoms with E-state index >= 15 is 0 Å². The van der Waals surface area contributed by atoms with E-state index in [1.165, 1.54) is 18.2 Å². The third-order valence-electron chi connectivity index (χ3n) is 15.1. The van der Waals surface area contributed by atoms with Gasteiger partial charge in [0, 0.05) is 52.5 Å². The standard InChI is InChI=1S/C74H64N4O.Pt/c1-46-21-18-22-47(2)69(46)63-31-20-30-62-58-27-14-12-25-56(58)57-26-13-15-28-59(57)64-39-49(48-37-51(73(6,7)8)41-52(38-48)74(9,10)11)40-67-71(64)77(70(62)63)45-76(67)53-23-19-24-54(43-53)79-55-33-34-61-60-29-16-17-32-65(60)78(66(61)44-55)68-42-50(35-36-75-68)72(3,4)5;/h12-42H,1-11H3;/q-2;/i1D3,2D3,12D,13D,14D,15D,25D,26D,27D,28D;. The van der Waals surface area contributed by atoms with E-state index in [9.17, 15) is 11.0 Å². The number of pyridine rings is 1. The molecule has 0 amide bonds. The molecular weight excluding hydrogens is 1160 g/mol. The maximum atomic E-state index is 10.1. The molecule has 0 aliphatic carbocycles. The summed E-state index contributed by atoms with van der Waals surface area (Å²) in [4.78, 5) is 4.86. The van der Waals surface area contributed by atoms with Crippen molar-refractivity contribution < 1.29 is 49.6 Å². The Hall–Kier alpha value is -8.11. The number of fused-ring (bicyclic) bond motifs is 10. The summed E-state index contributed by atoms with van der Waals surface area (Å²) in [5.41, 5.74) is 4.82. The van der Waals surface area contributed by atoms with E-state index in [0.717, 1.165) is 44.1 Å². The summed E-state index contributed by atoms with van der Waals surface area (Å²) >= 11 is 0. The third kappa shape index (κ3) is 9.01. The predicted molar refractivity (Wildman–Crippen MR) is 326 cm³/mol. The zero-order chi connectivity index (χ0) is 66.7. The topological polar surface area (TPSA) is 35.9 Å². The van der Waals surface area contributed by atoms with Crippen molar-refractivity contribution in [3.63, 3.8) is 0 Å². The van der Waals surface area contributed by atoms with Gasteiger partial charge in [0.1, 0.15) is 5.82 Å². The van der Waals surface area contributed by atoms with Crippen LogP contribution in [0, 0.1) is 32.2 Å². The fourth-order valence-electron chi connectivity index (χ4n) is 10.9. The van der Waals surface area contributed by atoms with Crippen molar-refractivity contribution in [1.29, 1.82) is 0 Å². The summed E-state index contributed by atoms with van der Waals surface area (Å²) in [7, 11) is 0. The van der Waals surface area contributed by atoms with Crippen LogP contribution in [0.15, 0.2) is 188 Å². The van der Waals surface area contributed by atoms with E-state index in [1.807, 2.05) is 54.7 Å². The fraction of sp³-hybridized carbons (Fsp3) is 0.189. The molecule has 6 heteroatoms. The number of rotatable bonds is 6. The molecule has 0 saturated carbocycles. The van der Waals surface area contributed by atoms with Crippen molar-refractivity contribution >= 4 is 32.8 Å². The Bertz CT molecular complexity index is 5090. The molecule has 0 bridgehead atoms. The van der Waals surface area contributed by atoms with Gasteiger partial charge < -0.3 is 13.9 Å². The molecular formula is C74H64N4OPt-2. The number of aryl methyl sites for hydroxylation is 2. The average Bonchev–Trinajstić information content (AvgIpc) is 1.47. The smallest absolute Gasteiger partial charge is 0.268 e. The minimum Gasteiger partial charge on any atom is -0.510 e. The van der Waals surface area contributed by atoms with Gasteiger partial charge in [-0.25, -0.2) is 4.98 Å². The second-order valence-corrected chi connectivity index (χ2v) is 23.5. The molecule has 0 N–H and O–H groups in total. The van der Waals surface area contributed by atoms with Crippen molar-refractivity contribution in [3.05, 3.63) is 234 Å². The van der Waals surface area contributed by atoms with Crippen LogP contribution in [0.4, 0.5) is 0 Å². The van der Waals surface area contributed by atoms with Crippen LogP contribution >= 0.6 is 0 Å². The van der Waals surface area contributed by atoms with Gasteiger partial charge in [0.15, 0.2) is 0 Å². The molecule has 0 atom stereocenters. The first-order chi connectivity index (χ1) is 43.6. The Kier molecular flexibility index (Phi) is 9.43. The Morgan fingerprint density at radius 3 is 1.80 bits per heavy atom. The fourth-order valence-corrected chi connectivity index (χ4v) is 10.9. The molecule has 80 heavy (non-hydrogen) atoms. The zero-order valence-corrected chi connectivity index (χ0v) is 48.1. The molecule has 1 aliphatic heterocycles. The van der Waals surface area contributed by atoms with Gasteiger partial charge >= 0.3 is 0 Å². The van der Waals surface area contributed by atoms with Crippen LogP contribution in [0.5, 0.6) is 11.5 Å². The van der Waals surface area contributed by atoms with Crippen molar-refractivity contribution in [3.8, 4) is 84.3 Å². The Morgan fingerprint density at radius 1 is 0.525 bits per heavy atom. The maximum Gasteiger partial charge on any atom is 0.268 e. The molecule has 1 aliphatic rings. The van der Waals surface area contributed by atoms with Crippen LogP contribution in [0.2, 0.25) is 0 Å². The Balaban J connectivity index is 0.00000848. The van der Waals surface area contributed by atoms with E-state index in [4.69, 9.17) is 17.9 Å². The van der Waals surface area contributed by atoms with Gasteiger partial charge in [0.05, 0.1) is 27.7 Å². The summed E-state index contributed by atoms with van der Waals surface area (Å²) < 4.78 is 143. The van der Waals surface area contributed by atoms with Gasteiger partial charge in [0.25, 0.3) is 6.33 Å². The molecule has 4 heterocycles. The summed E-state index contributed by atoms with van der Waals surface area (Å²) in [5.74, 6) is 1.32. The first kappa shape index (κ1) is 38.5. The first-order valence-electron chi connectivity index (χ1n) is 33.5. The van der Waals surface area contributed by atoms with Gasteiger partial charge in [-0.2, -0.15) is 18.2 Å². The van der Waals surface area contributed by atoms with E-state index in [0.29, 0.717) is 28.3 Å². The van der Waals surface area contributed by atoms with Crippen LogP contribution in [0.25, 0.3) is 106 Å². The number of benzene rings is 9. The molecule has 0 fully saturated rings. The largest absolute Gasteiger partial charge is 0.510 e. The van der Waals surface area contributed by atoms with Gasteiger partial charge in [-0.05, 0) is 149 Å². The second-order valence-electron chi connectivity index (χ2n) is 23.5. The summed E-state index contributed by atoms with van der Waals surface area (Å²) in [5, 5.41) is 1.92. The van der Waals surface area contributed by atoms with Crippen molar-refractivity contribution in [2.45, 2.75) is 92.3 Å². The van der Waals surface area contributed by atoms with Crippen molar-refractivity contribution in [2.75, 3.05) is 0 Å². The van der Waals surface area contributed by atoms with Crippen molar-refractivity contribution in [1.82, 2.24) is 14.1 Å². The van der Waals surface area contributed by atoms with Gasteiger partial charge in [-0.15, -0.1) is 29.7 Å². The summed E-state index contributed by atoms with van der Waals surface area (Å²) in [6, 6.07) is 42.4. The molecule has 12 aromatic rings. The molecule has 0 spiro atoms. The van der Waals surface area contributed by atoms with Crippen LogP contribution in [0.3, 0.4) is 0 Å². The zero-order valence-electron chi connectivity index (χ0n) is 59.8. The molecule has 0 saturated heterocycles. The Morgan fingerprint density at radius 2 is 1.12 bits per heavy atom. The van der Waals surface area contributed by atoms with Gasteiger partial charge in [-0.1, -0.05) is 195 Å². The quantitative estimate of drug-likeness (QED) is 0.123. The number of aromatic nitrogens is 4. The molecule has 9 aromatic carbocycles. The van der Waals surface area contributed by atoms with Crippen molar-refractivity contribution in [2.24, 2.45) is 0 Å². The van der Waals surface area contributed by atoms with E-state index in [1.54, 1.807) is 45.5 Å².